The molecule has 0 aromatic heterocycles. The molecule has 1 atom stereocenters. The van der Waals surface area contributed by atoms with Crippen molar-refractivity contribution in [3.8, 4) is 0 Å². The Hall–Kier alpha value is -1.42. The molecule has 1 aromatic carbocycles. The first-order valence-corrected chi connectivity index (χ1v) is 6.48. The SMILES string of the molecule is CCN1CCCC(NC(=O)c2ccccc2F)C1. The molecule has 1 aliphatic heterocycles. The Morgan fingerprint density at radius 1 is 1.50 bits per heavy atom. The summed E-state index contributed by atoms with van der Waals surface area (Å²) in [5.41, 5.74) is 0.131. The highest BCUT2D eigenvalue weighted by atomic mass is 19.1. The lowest BCUT2D eigenvalue weighted by molar-refractivity contribution is 0.0902. The molecule has 0 bridgehead atoms. The van der Waals surface area contributed by atoms with Crippen molar-refractivity contribution in [2.75, 3.05) is 19.6 Å². The second kappa shape index (κ2) is 5.96. The van der Waals surface area contributed by atoms with Crippen LogP contribution >= 0.6 is 0 Å². The van der Waals surface area contributed by atoms with Gasteiger partial charge in [0.05, 0.1) is 5.56 Å². The van der Waals surface area contributed by atoms with Crippen LogP contribution in [0.25, 0.3) is 0 Å². The van der Waals surface area contributed by atoms with Crippen molar-refractivity contribution in [2.45, 2.75) is 25.8 Å². The second-order valence-corrected chi connectivity index (χ2v) is 4.69. The van der Waals surface area contributed by atoms with Crippen molar-refractivity contribution in [3.05, 3.63) is 35.6 Å². The van der Waals surface area contributed by atoms with Crippen LogP contribution < -0.4 is 5.32 Å². The average molecular weight is 250 g/mol. The summed E-state index contributed by atoms with van der Waals surface area (Å²) in [5.74, 6) is -0.769. The number of carbonyl (C=O) groups excluding carboxylic acids is 1. The molecule has 1 saturated heterocycles. The third-order valence-corrected chi connectivity index (χ3v) is 3.41. The minimum Gasteiger partial charge on any atom is -0.348 e. The van der Waals surface area contributed by atoms with E-state index in [9.17, 15) is 9.18 Å². The number of rotatable bonds is 3. The Morgan fingerprint density at radius 3 is 3.00 bits per heavy atom. The van der Waals surface area contributed by atoms with Crippen LogP contribution in [-0.2, 0) is 0 Å². The minimum absolute atomic E-state index is 0.130. The molecule has 0 radical (unpaired) electrons. The van der Waals surface area contributed by atoms with Gasteiger partial charge in [0.15, 0.2) is 0 Å². The predicted octanol–water partition coefficient (Wildman–Crippen LogP) is 2.04. The summed E-state index contributed by atoms with van der Waals surface area (Å²) in [6.45, 7) is 5.05. The van der Waals surface area contributed by atoms with E-state index in [1.807, 2.05) is 0 Å². The van der Waals surface area contributed by atoms with E-state index in [4.69, 9.17) is 0 Å². The number of amides is 1. The van der Waals surface area contributed by atoms with E-state index in [1.165, 1.54) is 12.1 Å². The van der Waals surface area contributed by atoms with E-state index < -0.39 is 5.82 Å². The van der Waals surface area contributed by atoms with Gasteiger partial charge in [-0.2, -0.15) is 0 Å². The average Bonchev–Trinajstić information content (AvgIpc) is 2.39. The monoisotopic (exact) mass is 250 g/mol. The van der Waals surface area contributed by atoms with Crippen molar-refractivity contribution >= 4 is 5.91 Å². The van der Waals surface area contributed by atoms with Crippen LogP contribution in [0.1, 0.15) is 30.1 Å². The van der Waals surface area contributed by atoms with E-state index in [0.29, 0.717) is 0 Å². The van der Waals surface area contributed by atoms with Crippen molar-refractivity contribution in [2.24, 2.45) is 0 Å². The van der Waals surface area contributed by atoms with Crippen LogP contribution in [0.5, 0.6) is 0 Å². The van der Waals surface area contributed by atoms with E-state index >= 15 is 0 Å². The third-order valence-electron chi connectivity index (χ3n) is 3.41. The third kappa shape index (κ3) is 3.07. The molecule has 1 N–H and O–H groups in total. The second-order valence-electron chi connectivity index (χ2n) is 4.69. The fourth-order valence-electron chi connectivity index (χ4n) is 2.37. The van der Waals surface area contributed by atoms with Gasteiger partial charge >= 0.3 is 0 Å². The molecule has 4 heteroatoms. The predicted molar refractivity (Wildman–Crippen MR) is 69.0 cm³/mol. The largest absolute Gasteiger partial charge is 0.348 e. The van der Waals surface area contributed by atoms with Crippen LogP contribution in [0.3, 0.4) is 0 Å². The fourth-order valence-corrected chi connectivity index (χ4v) is 2.37. The van der Waals surface area contributed by atoms with E-state index in [-0.39, 0.29) is 17.5 Å². The molecule has 2 rings (SSSR count). The number of nitrogens with one attached hydrogen (secondary N) is 1. The summed E-state index contributed by atoms with van der Waals surface area (Å²) in [6.07, 6.45) is 2.05. The van der Waals surface area contributed by atoms with Crippen molar-refractivity contribution in [1.29, 1.82) is 0 Å². The van der Waals surface area contributed by atoms with Crippen molar-refractivity contribution in [3.63, 3.8) is 0 Å². The Labute approximate surface area is 107 Å². The Balaban J connectivity index is 1.97. The topological polar surface area (TPSA) is 32.3 Å². The lowest BCUT2D eigenvalue weighted by atomic mass is 10.1. The summed E-state index contributed by atoms with van der Waals surface area (Å²) in [4.78, 5) is 14.3. The van der Waals surface area contributed by atoms with Gasteiger partial charge in [0.1, 0.15) is 5.82 Å². The summed E-state index contributed by atoms with van der Waals surface area (Å²) >= 11 is 0. The number of likely N-dealkylation sites (tertiary alicyclic amines) is 1. The van der Waals surface area contributed by atoms with Crippen molar-refractivity contribution < 1.29 is 9.18 Å². The number of benzene rings is 1. The maximum Gasteiger partial charge on any atom is 0.254 e. The highest BCUT2D eigenvalue weighted by Gasteiger charge is 2.21. The molecule has 0 saturated carbocycles. The zero-order chi connectivity index (χ0) is 13.0. The van der Waals surface area contributed by atoms with Gasteiger partial charge in [0.25, 0.3) is 5.91 Å². The van der Waals surface area contributed by atoms with E-state index in [1.54, 1.807) is 12.1 Å². The molecule has 1 amide bonds. The summed E-state index contributed by atoms with van der Waals surface area (Å²) in [7, 11) is 0. The van der Waals surface area contributed by atoms with Gasteiger partial charge in [0.2, 0.25) is 0 Å². The summed E-state index contributed by atoms with van der Waals surface area (Å²) in [6, 6.07) is 6.23. The van der Waals surface area contributed by atoms with E-state index in [2.05, 4.69) is 17.1 Å². The van der Waals surface area contributed by atoms with Gasteiger partial charge in [-0.15, -0.1) is 0 Å². The van der Waals surface area contributed by atoms with Crippen LogP contribution in [-0.4, -0.2) is 36.5 Å². The Morgan fingerprint density at radius 2 is 2.28 bits per heavy atom. The quantitative estimate of drug-likeness (QED) is 0.890. The molecule has 1 aromatic rings. The first-order valence-electron chi connectivity index (χ1n) is 6.48. The normalized spacial score (nSPS) is 20.7. The highest BCUT2D eigenvalue weighted by molar-refractivity contribution is 5.94. The summed E-state index contributed by atoms with van der Waals surface area (Å²) < 4.78 is 13.5. The van der Waals surface area contributed by atoms with Gasteiger partial charge in [-0.1, -0.05) is 19.1 Å². The Kier molecular flexibility index (Phi) is 4.31. The zero-order valence-corrected chi connectivity index (χ0v) is 10.7. The first-order chi connectivity index (χ1) is 8.70. The van der Waals surface area contributed by atoms with Crippen LogP contribution in [0.2, 0.25) is 0 Å². The highest BCUT2D eigenvalue weighted by Crippen LogP contribution is 2.11. The number of nitrogens with zero attached hydrogens (tertiary/aromatic N) is 1. The van der Waals surface area contributed by atoms with Crippen LogP contribution in [0.4, 0.5) is 4.39 Å². The summed E-state index contributed by atoms with van der Waals surface area (Å²) in [5, 5.41) is 2.92. The van der Waals surface area contributed by atoms with Gasteiger partial charge in [-0.25, -0.2) is 4.39 Å². The lowest BCUT2D eigenvalue weighted by Crippen LogP contribution is -2.47. The van der Waals surface area contributed by atoms with Crippen LogP contribution in [0, 0.1) is 5.82 Å². The lowest BCUT2D eigenvalue weighted by Gasteiger charge is -2.32. The molecule has 1 heterocycles. The molecule has 1 fully saturated rings. The minimum atomic E-state index is -0.460. The number of likely N-dealkylation sites (N-methyl/N-ethyl adjacent to an activating group) is 1. The van der Waals surface area contributed by atoms with Gasteiger partial charge in [0, 0.05) is 12.6 Å². The van der Waals surface area contributed by atoms with E-state index in [0.717, 1.165) is 32.5 Å². The first kappa shape index (κ1) is 13.0. The molecular formula is C14H19FN2O. The van der Waals surface area contributed by atoms with Crippen molar-refractivity contribution in [1.82, 2.24) is 10.2 Å². The van der Waals surface area contributed by atoms with Gasteiger partial charge in [-0.3, -0.25) is 4.79 Å². The Bertz CT molecular complexity index is 422. The smallest absolute Gasteiger partial charge is 0.254 e. The molecule has 98 valence electrons. The molecule has 0 spiro atoms. The fraction of sp³-hybridized carbons (Fsp3) is 0.500. The maximum absolute atomic E-state index is 13.5. The number of piperidine rings is 1. The molecule has 0 aliphatic carbocycles. The van der Waals surface area contributed by atoms with Crippen LogP contribution in [0.15, 0.2) is 24.3 Å². The number of hydrogen-bond acceptors (Lipinski definition) is 2. The molecule has 18 heavy (non-hydrogen) atoms. The zero-order valence-electron chi connectivity index (χ0n) is 10.7. The molecule has 3 nitrogen and oxygen atoms in total. The number of halogens is 1. The molecule has 1 unspecified atom stereocenters. The standard InChI is InChI=1S/C14H19FN2O/c1-2-17-9-5-6-11(10-17)16-14(18)12-7-3-4-8-13(12)15/h3-4,7-8,11H,2,5-6,9-10H2,1H3,(H,16,18). The molecular weight excluding hydrogens is 231 g/mol. The van der Waals surface area contributed by atoms with Gasteiger partial charge in [-0.05, 0) is 38.1 Å². The number of carbonyl (C=O) groups is 1. The maximum atomic E-state index is 13.5. The molecule has 1 aliphatic rings. The van der Waals surface area contributed by atoms with Gasteiger partial charge < -0.3 is 10.2 Å². The number of hydrogen-bond donors (Lipinski definition) is 1.